The van der Waals surface area contributed by atoms with Crippen LogP contribution in [0.25, 0.3) is 10.9 Å². The zero-order valence-corrected chi connectivity index (χ0v) is 12.6. The minimum Gasteiger partial charge on any atom is -0.496 e. The Balaban J connectivity index is 1.81. The minimum absolute atomic E-state index is 0.130. The molecule has 2 N–H and O–H groups in total. The third kappa shape index (κ3) is 2.68. The molecule has 3 aromatic rings. The van der Waals surface area contributed by atoms with Gasteiger partial charge in [-0.15, -0.1) is 0 Å². The fourth-order valence-corrected chi connectivity index (χ4v) is 2.57. The molecule has 0 spiro atoms. The molecule has 1 heterocycles. The Bertz CT molecular complexity index is 774. The van der Waals surface area contributed by atoms with Crippen LogP contribution in [0.3, 0.4) is 0 Å². The van der Waals surface area contributed by atoms with Crippen LogP contribution in [-0.2, 0) is 0 Å². The van der Waals surface area contributed by atoms with Crippen molar-refractivity contribution >= 4 is 16.8 Å². The lowest BCUT2D eigenvalue weighted by Crippen LogP contribution is -2.27. The number of ether oxygens (including phenoxy) is 1. The molecule has 0 saturated heterocycles. The van der Waals surface area contributed by atoms with E-state index in [1.54, 1.807) is 7.11 Å². The van der Waals surface area contributed by atoms with E-state index < -0.39 is 0 Å². The first-order valence-corrected chi connectivity index (χ1v) is 7.20. The van der Waals surface area contributed by atoms with Crippen molar-refractivity contribution in [2.24, 2.45) is 0 Å². The lowest BCUT2D eigenvalue weighted by Gasteiger charge is -2.16. The predicted octanol–water partition coefficient (Wildman–Crippen LogP) is 3.67. The van der Waals surface area contributed by atoms with Crippen LogP contribution in [-0.4, -0.2) is 18.0 Å². The summed E-state index contributed by atoms with van der Waals surface area (Å²) in [6.45, 7) is 1.94. The quantitative estimate of drug-likeness (QED) is 0.771. The maximum Gasteiger partial charge on any atom is 0.268 e. The average Bonchev–Trinajstić information content (AvgIpc) is 2.99. The van der Waals surface area contributed by atoms with Crippen LogP contribution in [0.1, 0.15) is 29.0 Å². The molecule has 4 nitrogen and oxygen atoms in total. The van der Waals surface area contributed by atoms with Crippen LogP contribution in [0, 0.1) is 0 Å². The first-order chi connectivity index (χ1) is 10.7. The number of aromatic nitrogens is 1. The maximum absolute atomic E-state index is 12.4. The number of hydrogen-bond donors (Lipinski definition) is 2. The van der Waals surface area contributed by atoms with Crippen LogP contribution >= 0.6 is 0 Å². The molecule has 3 rings (SSSR count). The van der Waals surface area contributed by atoms with Crippen LogP contribution in [0.2, 0.25) is 0 Å². The van der Waals surface area contributed by atoms with Gasteiger partial charge in [-0.2, -0.15) is 0 Å². The van der Waals surface area contributed by atoms with Gasteiger partial charge >= 0.3 is 0 Å². The summed E-state index contributed by atoms with van der Waals surface area (Å²) in [6, 6.07) is 17.2. The number of carbonyl (C=O) groups is 1. The van der Waals surface area contributed by atoms with Gasteiger partial charge in [0, 0.05) is 16.5 Å². The molecule has 0 aliphatic rings. The van der Waals surface area contributed by atoms with Crippen LogP contribution in [0.5, 0.6) is 5.75 Å². The second-order valence-corrected chi connectivity index (χ2v) is 5.21. The van der Waals surface area contributed by atoms with Gasteiger partial charge in [0.1, 0.15) is 11.4 Å². The molecule has 0 fully saturated rings. The molecule has 2 aromatic carbocycles. The largest absolute Gasteiger partial charge is 0.496 e. The Labute approximate surface area is 129 Å². The summed E-state index contributed by atoms with van der Waals surface area (Å²) in [5, 5.41) is 4.02. The second-order valence-electron chi connectivity index (χ2n) is 5.21. The van der Waals surface area contributed by atoms with Crippen LogP contribution < -0.4 is 10.1 Å². The second kappa shape index (κ2) is 5.93. The predicted molar refractivity (Wildman–Crippen MR) is 87.2 cm³/mol. The van der Waals surface area contributed by atoms with E-state index in [9.17, 15) is 4.79 Å². The van der Waals surface area contributed by atoms with Crippen molar-refractivity contribution in [1.82, 2.24) is 10.3 Å². The molecule has 0 saturated carbocycles. The van der Waals surface area contributed by atoms with Crippen molar-refractivity contribution < 1.29 is 9.53 Å². The summed E-state index contributed by atoms with van der Waals surface area (Å²) in [6.07, 6.45) is 0. The number of H-pyrrole nitrogens is 1. The summed E-state index contributed by atoms with van der Waals surface area (Å²) in [5.74, 6) is 0.640. The third-order valence-corrected chi connectivity index (χ3v) is 3.73. The van der Waals surface area contributed by atoms with Crippen molar-refractivity contribution in [1.29, 1.82) is 0 Å². The molecule has 22 heavy (non-hydrogen) atoms. The molecule has 1 aromatic heterocycles. The van der Waals surface area contributed by atoms with Gasteiger partial charge in [0.25, 0.3) is 5.91 Å². The van der Waals surface area contributed by atoms with E-state index in [0.717, 1.165) is 22.2 Å². The zero-order valence-electron chi connectivity index (χ0n) is 12.6. The average molecular weight is 294 g/mol. The van der Waals surface area contributed by atoms with Crippen molar-refractivity contribution in [3.63, 3.8) is 0 Å². The summed E-state index contributed by atoms with van der Waals surface area (Å²) < 4.78 is 5.34. The Morgan fingerprint density at radius 3 is 2.64 bits per heavy atom. The number of nitrogens with one attached hydrogen (secondary N) is 2. The SMILES string of the molecule is COc1ccccc1C(C)NC(=O)c1cc2ccccc2[nH]1. The van der Waals surface area contributed by atoms with E-state index >= 15 is 0 Å². The number of amides is 1. The molecule has 0 bridgehead atoms. The molecule has 1 atom stereocenters. The standard InChI is InChI=1S/C18H18N2O2/c1-12(14-8-4-6-10-17(14)22-2)19-18(21)16-11-13-7-3-5-9-15(13)20-16/h3-12,20H,1-2H3,(H,19,21). The number of methoxy groups -OCH3 is 1. The Kier molecular flexibility index (Phi) is 3.83. The summed E-state index contributed by atoms with van der Waals surface area (Å²) in [7, 11) is 1.63. The van der Waals surface area contributed by atoms with Gasteiger partial charge in [-0.25, -0.2) is 0 Å². The molecule has 112 valence electrons. The number of rotatable bonds is 4. The van der Waals surface area contributed by atoms with Gasteiger partial charge in [-0.3, -0.25) is 4.79 Å². The van der Waals surface area contributed by atoms with Crippen molar-refractivity contribution in [2.75, 3.05) is 7.11 Å². The van der Waals surface area contributed by atoms with Gasteiger partial charge in [0.15, 0.2) is 0 Å². The van der Waals surface area contributed by atoms with Crippen molar-refractivity contribution in [3.8, 4) is 5.75 Å². The van der Waals surface area contributed by atoms with E-state index in [4.69, 9.17) is 4.74 Å². The highest BCUT2D eigenvalue weighted by atomic mass is 16.5. The van der Waals surface area contributed by atoms with Gasteiger partial charge < -0.3 is 15.0 Å². The smallest absolute Gasteiger partial charge is 0.268 e. The lowest BCUT2D eigenvalue weighted by molar-refractivity contribution is 0.0935. The third-order valence-electron chi connectivity index (χ3n) is 3.73. The molecular formula is C18H18N2O2. The summed E-state index contributed by atoms with van der Waals surface area (Å²) in [4.78, 5) is 15.6. The lowest BCUT2D eigenvalue weighted by atomic mass is 10.1. The van der Waals surface area contributed by atoms with Gasteiger partial charge in [0.05, 0.1) is 13.2 Å². The molecule has 1 amide bonds. The monoisotopic (exact) mass is 294 g/mol. The van der Waals surface area contributed by atoms with Gasteiger partial charge in [-0.05, 0) is 25.1 Å². The molecule has 0 aliphatic heterocycles. The van der Waals surface area contributed by atoms with Crippen LogP contribution in [0.15, 0.2) is 54.6 Å². The van der Waals surface area contributed by atoms with Crippen molar-refractivity contribution in [2.45, 2.75) is 13.0 Å². The fraction of sp³-hybridized carbons (Fsp3) is 0.167. The molecule has 0 aliphatic carbocycles. The summed E-state index contributed by atoms with van der Waals surface area (Å²) in [5.41, 5.74) is 2.47. The van der Waals surface area contributed by atoms with Crippen molar-refractivity contribution in [3.05, 3.63) is 65.9 Å². The Morgan fingerprint density at radius 1 is 1.14 bits per heavy atom. The topological polar surface area (TPSA) is 54.1 Å². The van der Waals surface area contributed by atoms with E-state index in [-0.39, 0.29) is 11.9 Å². The van der Waals surface area contributed by atoms with E-state index in [1.165, 1.54) is 0 Å². The fourth-order valence-electron chi connectivity index (χ4n) is 2.57. The first-order valence-electron chi connectivity index (χ1n) is 7.20. The van der Waals surface area contributed by atoms with Gasteiger partial charge in [0.2, 0.25) is 0 Å². The van der Waals surface area contributed by atoms with E-state index in [0.29, 0.717) is 5.69 Å². The normalized spacial score (nSPS) is 12.1. The highest BCUT2D eigenvalue weighted by Crippen LogP contribution is 2.24. The van der Waals surface area contributed by atoms with Crippen LogP contribution in [0.4, 0.5) is 0 Å². The maximum atomic E-state index is 12.4. The van der Waals surface area contributed by atoms with Gasteiger partial charge in [-0.1, -0.05) is 36.4 Å². The molecule has 0 radical (unpaired) electrons. The number of aromatic amines is 1. The zero-order chi connectivity index (χ0) is 15.5. The summed E-state index contributed by atoms with van der Waals surface area (Å²) >= 11 is 0. The molecule has 1 unspecified atom stereocenters. The van der Waals surface area contributed by atoms with E-state index in [2.05, 4.69) is 10.3 Å². The number of para-hydroxylation sites is 2. The number of hydrogen-bond acceptors (Lipinski definition) is 2. The number of fused-ring (bicyclic) bond motifs is 1. The number of carbonyl (C=O) groups excluding carboxylic acids is 1. The highest BCUT2D eigenvalue weighted by molar-refractivity contribution is 5.98. The highest BCUT2D eigenvalue weighted by Gasteiger charge is 2.16. The first kappa shape index (κ1) is 14.2. The molecule has 4 heteroatoms. The Morgan fingerprint density at radius 2 is 1.86 bits per heavy atom. The minimum atomic E-state index is -0.143. The molecular weight excluding hydrogens is 276 g/mol. The number of benzene rings is 2. The Hall–Kier alpha value is -2.75. The van der Waals surface area contributed by atoms with E-state index in [1.807, 2.05) is 61.5 Å².